The van der Waals surface area contributed by atoms with E-state index in [9.17, 15) is 9.59 Å². The number of primary amides is 1. The molecule has 2 amide bonds. The van der Waals surface area contributed by atoms with E-state index in [1.54, 1.807) is 12.3 Å². The topological polar surface area (TPSA) is 91.2 Å². The van der Waals surface area contributed by atoms with E-state index < -0.39 is 11.9 Å². The quantitative estimate of drug-likeness (QED) is 0.699. The number of carbonyl (C=O) groups excluding carboxylic acids is 2. The van der Waals surface area contributed by atoms with Crippen LogP contribution >= 0.6 is 15.9 Å². The van der Waals surface area contributed by atoms with Crippen molar-refractivity contribution in [2.45, 2.75) is 6.04 Å². The van der Waals surface area contributed by atoms with Gasteiger partial charge in [-0.25, -0.2) is 0 Å². The van der Waals surface area contributed by atoms with Crippen LogP contribution in [0.1, 0.15) is 10.5 Å². The van der Waals surface area contributed by atoms with Crippen molar-refractivity contribution in [2.75, 3.05) is 19.6 Å². The first kappa shape index (κ1) is 12.1. The second-order valence-corrected chi connectivity index (χ2v) is 4.77. The maximum atomic E-state index is 12.2. The molecule has 1 aliphatic rings. The second kappa shape index (κ2) is 4.89. The molecule has 1 aromatic heterocycles. The van der Waals surface area contributed by atoms with Crippen LogP contribution in [0, 0.1) is 0 Å². The number of carbonyl (C=O) groups is 2. The minimum Gasteiger partial charge on any atom is -0.368 e. The molecular weight excluding hydrogens is 288 g/mol. The van der Waals surface area contributed by atoms with E-state index in [4.69, 9.17) is 5.73 Å². The molecule has 2 heterocycles. The van der Waals surface area contributed by atoms with E-state index >= 15 is 0 Å². The van der Waals surface area contributed by atoms with Crippen LogP contribution < -0.4 is 11.1 Å². The van der Waals surface area contributed by atoms with Gasteiger partial charge in [0.15, 0.2) is 0 Å². The molecule has 4 N–H and O–H groups in total. The van der Waals surface area contributed by atoms with Crippen molar-refractivity contribution in [2.24, 2.45) is 5.73 Å². The van der Waals surface area contributed by atoms with E-state index in [-0.39, 0.29) is 5.91 Å². The molecular formula is C10H13BrN4O2. The van der Waals surface area contributed by atoms with Crippen LogP contribution in [0.5, 0.6) is 0 Å². The lowest BCUT2D eigenvalue weighted by Crippen LogP contribution is -2.58. The smallest absolute Gasteiger partial charge is 0.271 e. The summed E-state index contributed by atoms with van der Waals surface area (Å²) in [6.07, 6.45) is 1.68. The van der Waals surface area contributed by atoms with Crippen molar-refractivity contribution in [1.29, 1.82) is 0 Å². The van der Waals surface area contributed by atoms with Crippen molar-refractivity contribution >= 4 is 27.7 Å². The lowest BCUT2D eigenvalue weighted by molar-refractivity contribution is -0.122. The first-order chi connectivity index (χ1) is 8.09. The summed E-state index contributed by atoms with van der Waals surface area (Å²) in [6.45, 7) is 1.55. The number of aromatic nitrogens is 1. The van der Waals surface area contributed by atoms with Crippen LogP contribution in [-0.4, -0.2) is 47.4 Å². The largest absolute Gasteiger partial charge is 0.368 e. The van der Waals surface area contributed by atoms with Crippen LogP contribution in [-0.2, 0) is 4.79 Å². The fourth-order valence-corrected chi connectivity index (χ4v) is 2.19. The number of hydrogen-bond donors (Lipinski definition) is 3. The van der Waals surface area contributed by atoms with Gasteiger partial charge >= 0.3 is 0 Å². The highest BCUT2D eigenvalue weighted by Crippen LogP contribution is 2.14. The highest BCUT2D eigenvalue weighted by atomic mass is 79.9. The summed E-state index contributed by atoms with van der Waals surface area (Å²) in [5.41, 5.74) is 5.74. The van der Waals surface area contributed by atoms with Gasteiger partial charge in [0.05, 0.1) is 0 Å². The van der Waals surface area contributed by atoms with Crippen LogP contribution in [0.3, 0.4) is 0 Å². The fraction of sp³-hybridized carbons (Fsp3) is 0.400. The zero-order valence-electron chi connectivity index (χ0n) is 9.07. The Labute approximate surface area is 107 Å². The van der Waals surface area contributed by atoms with Crippen LogP contribution in [0.2, 0.25) is 0 Å². The highest BCUT2D eigenvalue weighted by molar-refractivity contribution is 9.10. The lowest BCUT2D eigenvalue weighted by atomic mass is 10.1. The van der Waals surface area contributed by atoms with Gasteiger partial charge in [-0.1, -0.05) is 0 Å². The van der Waals surface area contributed by atoms with Crippen LogP contribution in [0.15, 0.2) is 16.7 Å². The summed E-state index contributed by atoms with van der Waals surface area (Å²) in [5.74, 6) is -0.697. The van der Waals surface area contributed by atoms with Crippen molar-refractivity contribution in [3.63, 3.8) is 0 Å². The van der Waals surface area contributed by atoms with E-state index in [1.807, 2.05) is 0 Å². The Kier molecular flexibility index (Phi) is 3.49. The van der Waals surface area contributed by atoms with Gasteiger partial charge in [0.2, 0.25) is 5.91 Å². The lowest BCUT2D eigenvalue weighted by Gasteiger charge is -2.33. The first-order valence-corrected chi connectivity index (χ1v) is 6.04. The highest BCUT2D eigenvalue weighted by Gasteiger charge is 2.31. The third-order valence-electron chi connectivity index (χ3n) is 2.71. The number of rotatable bonds is 2. The summed E-state index contributed by atoms with van der Waals surface area (Å²) in [5, 5.41) is 3.04. The molecule has 1 fully saturated rings. The van der Waals surface area contributed by atoms with Crippen molar-refractivity contribution in [3.05, 3.63) is 22.4 Å². The summed E-state index contributed by atoms with van der Waals surface area (Å²) >= 11 is 3.26. The van der Waals surface area contributed by atoms with Crippen LogP contribution in [0.25, 0.3) is 0 Å². The number of nitrogens with one attached hydrogen (secondary N) is 2. The van der Waals surface area contributed by atoms with E-state index in [0.717, 1.165) is 4.47 Å². The molecule has 1 saturated heterocycles. The predicted octanol–water partition coefficient (Wildman–Crippen LogP) is -0.323. The zero-order chi connectivity index (χ0) is 12.4. The van der Waals surface area contributed by atoms with Gasteiger partial charge in [-0.15, -0.1) is 0 Å². The van der Waals surface area contributed by atoms with Crippen molar-refractivity contribution in [3.8, 4) is 0 Å². The molecule has 6 nitrogen and oxygen atoms in total. The molecule has 1 atom stereocenters. The van der Waals surface area contributed by atoms with Gasteiger partial charge in [-0.05, 0) is 22.0 Å². The third kappa shape index (κ3) is 2.50. The fourth-order valence-electron chi connectivity index (χ4n) is 1.85. The predicted molar refractivity (Wildman–Crippen MR) is 65.4 cm³/mol. The SMILES string of the molecule is NC(=O)C1CNCCN1C(=O)c1cc(Br)c[nH]1. The van der Waals surface area contributed by atoms with Gasteiger partial charge < -0.3 is 20.9 Å². The molecule has 0 aliphatic carbocycles. The third-order valence-corrected chi connectivity index (χ3v) is 3.17. The summed E-state index contributed by atoms with van der Waals surface area (Å²) in [4.78, 5) is 27.8. The first-order valence-electron chi connectivity index (χ1n) is 5.24. The minimum atomic E-state index is -0.585. The Balaban J connectivity index is 2.19. The van der Waals surface area contributed by atoms with Gasteiger partial charge in [0.25, 0.3) is 5.91 Å². The van der Waals surface area contributed by atoms with E-state index in [0.29, 0.717) is 25.3 Å². The van der Waals surface area contributed by atoms with E-state index in [2.05, 4.69) is 26.2 Å². The number of piperazine rings is 1. The average Bonchev–Trinajstić information content (AvgIpc) is 2.75. The Hall–Kier alpha value is -1.34. The number of hydrogen-bond acceptors (Lipinski definition) is 3. The number of aromatic amines is 1. The van der Waals surface area contributed by atoms with Gasteiger partial charge in [0.1, 0.15) is 11.7 Å². The number of amides is 2. The average molecular weight is 301 g/mol. The number of nitrogens with two attached hydrogens (primary N) is 1. The molecule has 1 aromatic rings. The number of H-pyrrole nitrogens is 1. The summed E-state index contributed by atoms with van der Waals surface area (Å²) in [6, 6.07) is 1.10. The molecule has 0 aromatic carbocycles. The van der Waals surface area contributed by atoms with Gasteiger partial charge in [-0.2, -0.15) is 0 Å². The Morgan fingerprint density at radius 2 is 2.29 bits per heavy atom. The Bertz CT molecular complexity index is 445. The number of halogens is 1. The summed E-state index contributed by atoms with van der Waals surface area (Å²) in [7, 11) is 0. The zero-order valence-corrected chi connectivity index (χ0v) is 10.7. The second-order valence-electron chi connectivity index (χ2n) is 3.85. The molecule has 1 unspecified atom stereocenters. The molecule has 0 radical (unpaired) electrons. The maximum absolute atomic E-state index is 12.2. The molecule has 1 aliphatic heterocycles. The maximum Gasteiger partial charge on any atom is 0.271 e. The van der Waals surface area contributed by atoms with Crippen LogP contribution in [0.4, 0.5) is 0 Å². The standard InChI is InChI=1S/C10H13BrN4O2/c11-6-3-7(14-4-6)10(17)15-2-1-13-5-8(15)9(12)16/h3-4,8,13-14H,1-2,5H2,(H2,12,16). The molecule has 0 bridgehead atoms. The molecule has 0 spiro atoms. The Morgan fingerprint density at radius 3 is 2.88 bits per heavy atom. The minimum absolute atomic E-state index is 0.207. The molecule has 2 rings (SSSR count). The van der Waals surface area contributed by atoms with Gasteiger partial charge in [-0.3, -0.25) is 9.59 Å². The van der Waals surface area contributed by atoms with Crippen molar-refractivity contribution in [1.82, 2.24) is 15.2 Å². The number of nitrogens with zero attached hydrogens (tertiary/aromatic N) is 1. The van der Waals surface area contributed by atoms with Crippen molar-refractivity contribution < 1.29 is 9.59 Å². The summed E-state index contributed by atoms with van der Waals surface area (Å²) < 4.78 is 0.798. The van der Waals surface area contributed by atoms with E-state index in [1.165, 1.54) is 4.90 Å². The molecule has 92 valence electrons. The molecule has 7 heteroatoms. The Morgan fingerprint density at radius 1 is 1.53 bits per heavy atom. The van der Waals surface area contributed by atoms with Gasteiger partial charge in [0, 0.05) is 30.3 Å². The monoisotopic (exact) mass is 300 g/mol. The molecule has 0 saturated carbocycles. The molecule has 17 heavy (non-hydrogen) atoms. The normalized spacial score (nSPS) is 20.3.